The molecule has 2 unspecified atom stereocenters. The first-order chi connectivity index (χ1) is 11.2. The molecule has 3 rings (SSSR count). The lowest BCUT2D eigenvalue weighted by molar-refractivity contribution is -0.137. The number of benzene rings is 1. The Kier molecular flexibility index (Phi) is 4.31. The van der Waals surface area contributed by atoms with Crippen LogP contribution in [0.4, 0.5) is 5.69 Å². The van der Waals surface area contributed by atoms with Gasteiger partial charge in [-0.3, -0.25) is 14.4 Å². The number of carbonyl (C=O) groups excluding carboxylic acids is 3. The van der Waals surface area contributed by atoms with Gasteiger partial charge in [0, 0.05) is 31.3 Å². The van der Waals surface area contributed by atoms with Crippen LogP contribution in [0.25, 0.3) is 0 Å². The zero-order valence-electron chi connectivity index (χ0n) is 12.8. The van der Waals surface area contributed by atoms with E-state index in [1.165, 1.54) is 11.9 Å². The Morgan fingerprint density at radius 3 is 2.62 bits per heavy atom. The van der Waals surface area contributed by atoms with Crippen molar-refractivity contribution in [3.8, 4) is 0 Å². The van der Waals surface area contributed by atoms with Gasteiger partial charge in [-0.05, 0) is 18.6 Å². The van der Waals surface area contributed by atoms with E-state index in [2.05, 4.69) is 0 Å². The number of hydrogen-bond donors (Lipinski definition) is 0. The molecular formula is C16H15Cl3N2O3. The van der Waals surface area contributed by atoms with Crippen molar-refractivity contribution in [3.05, 3.63) is 29.8 Å². The number of rotatable bonds is 4. The number of likely N-dealkylation sites (N-methyl/N-ethyl adjacent to an activating group) is 1. The first-order valence-electron chi connectivity index (χ1n) is 7.42. The maximum atomic E-state index is 12.7. The molecule has 1 aliphatic heterocycles. The number of halogens is 3. The second-order valence-electron chi connectivity index (χ2n) is 6.11. The lowest BCUT2D eigenvalue weighted by atomic mass is 10.2. The highest BCUT2D eigenvalue weighted by atomic mass is 35.5. The van der Waals surface area contributed by atoms with Crippen LogP contribution in [-0.2, 0) is 9.59 Å². The fourth-order valence-electron chi connectivity index (χ4n) is 2.96. The molecule has 1 aromatic rings. The monoisotopic (exact) mass is 388 g/mol. The number of hydrogen-bond acceptors (Lipinski definition) is 3. The van der Waals surface area contributed by atoms with Crippen molar-refractivity contribution in [2.24, 2.45) is 0 Å². The summed E-state index contributed by atoms with van der Waals surface area (Å²) < 4.78 is -1.29. The van der Waals surface area contributed by atoms with Gasteiger partial charge in [0.1, 0.15) is 16.7 Å². The first kappa shape index (κ1) is 17.5. The SMILES string of the molecule is CN(C(=O)C1(Cl)CC1(Cl)Cl)C1CCN(c2cccc(C=O)c2)C1=O. The van der Waals surface area contributed by atoms with Gasteiger partial charge in [-0.2, -0.15) is 0 Å². The van der Waals surface area contributed by atoms with Crippen molar-refractivity contribution in [3.63, 3.8) is 0 Å². The second kappa shape index (κ2) is 5.90. The predicted octanol–water partition coefficient (Wildman–Crippen LogP) is 2.62. The van der Waals surface area contributed by atoms with Crippen LogP contribution in [0.15, 0.2) is 24.3 Å². The van der Waals surface area contributed by atoms with Gasteiger partial charge in [-0.15, -0.1) is 11.6 Å². The molecule has 2 fully saturated rings. The molecule has 8 heteroatoms. The molecule has 0 N–H and O–H groups in total. The van der Waals surface area contributed by atoms with Crippen molar-refractivity contribution in [2.75, 3.05) is 18.5 Å². The molecule has 1 saturated carbocycles. The third-order valence-corrected chi connectivity index (χ3v) is 6.27. The van der Waals surface area contributed by atoms with Gasteiger partial charge < -0.3 is 9.80 Å². The molecule has 1 saturated heterocycles. The molecule has 1 aromatic carbocycles. The van der Waals surface area contributed by atoms with Crippen LogP contribution in [0.1, 0.15) is 23.2 Å². The summed E-state index contributed by atoms with van der Waals surface area (Å²) in [4.78, 5) is 37.6. The molecule has 24 heavy (non-hydrogen) atoms. The number of nitrogens with zero attached hydrogens (tertiary/aromatic N) is 2. The smallest absolute Gasteiger partial charge is 0.249 e. The zero-order chi connectivity index (χ0) is 17.7. The first-order valence-corrected chi connectivity index (χ1v) is 8.55. The van der Waals surface area contributed by atoms with E-state index in [0.29, 0.717) is 24.2 Å². The molecule has 0 aromatic heterocycles. The van der Waals surface area contributed by atoms with Gasteiger partial charge in [0.15, 0.2) is 4.87 Å². The number of carbonyl (C=O) groups is 3. The van der Waals surface area contributed by atoms with Crippen molar-refractivity contribution in [1.82, 2.24) is 4.90 Å². The van der Waals surface area contributed by atoms with E-state index in [-0.39, 0.29) is 12.3 Å². The van der Waals surface area contributed by atoms with Gasteiger partial charge in [-0.1, -0.05) is 35.3 Å². The van der Waals surface area contributed by atoms with Gasteiger partial charge in [0.05, 0.1) is 0 Å². The lowest BCUT2D eigenvalue weighted by Gasteiger charge is -2.26. The van der Waals surface area contributed by atoms with Crippen LogP contribution in [0.2, 0.25) is 0 Å². The van der Waals surface area contributed by atoms with E-state index < -0.39 is 21.2 Å². The molecule has 0 radical (unpaired) electrons. The molecule has 0 bridgehead atoms. The number of aldehydes is 1. The van der Waals surface area contributed by atoms with Gasteiger partial charge in [0.25, 0.3) is 0 Å². The Morgan fingerprint density at radius 2 is 2.04 bits per heavy atom. The van der Waals surface area contributed by atoms with Gasteiger partial charge >= 0.3 is 0 Å². The maximum Gasteiger partial charge on any atom is 0.249 e. The van der Waals surface area contributed by atoms with Crippen LogP contribution in [-0.4, -0.2) is 51.8 Å². The average Bonchev–Trinajstić information content (AvgIpc) is 2.89. The Hall–Kier alpha value is -1.30. The Bertz CT molecular complexity index is 724. The van der Waals surface area contributed by atoms with E-state index in [1.54, 1.807) is 29.2 Å². The molecule has 1 heterocycles. The fraction of sp³-hybridized carbons (Fsp3) is 0.438. The Balaban J connectivity index is 1.76. The number of amides is 2. The van der Waals surface area contributed by atoms with Crippen LogP contribution in [0.3, 0.4) is 0 Å². The van der Waals surface area contributed by atoms with Crippen LogP contribution in [0, 0.1) is 0 Å². The van der Waals surface area contributed by atoms with E-state index in [1.807, 2.05) is 0 Å². The molecule has 5 nitrogen and oxygen atoms in total. The van der Waals surface area contributed by atoms with Crippen molar-refractivity contribution < 1.29 is 14.4 Å². The van der Waals surface area contributed by atoms with Gasteiger partial charge in [0.2, 0.25) is 11.8 Å². The summed E-state index contributed by atoms with van der Waals surface area (Å²) in [5, 5.41) is 0. The van der Waals surface area contributed by atoms with Crippen molar-refractivity contribution in [2.45, 2.75) is 28.1 Å². The third-order valence-electron chi connectivity index (χ3n) is 4.54. The summed E-state index contributed by atoms with van der Waals surface area (Å²) in [7, 11) is 1.53. The second-order valence-corrected chi connectivity index (χ2v) is 8.23. The summed E-state index contributed by atoms with van der Waals surface area (Å²) in [5.74, 6) is -0.666. The predicted molar refractivity (Wildman–Crippen MR) is 93.0 cm³/mol. The highest BCUT2D eigenvalue weighted by Crippen LogP contribution is 2.62. The highest BCUT2D eigenvalue weighted by molar-refractivity contribution is 6.62. The Morgan fingerprint density at radius 1 is 1.38 bits per heavy atom. The summed E-state index contributed by atoms with van der Waals surface area (Å²) in [5.41, 5.74) is 1.11. The molecule has 2 aliphatic rings. The number of alkyl halides is 3. The maximum absolute atomic E-state index is 12.7. The minimum atomic E-state index is -1.37. The molecule has 2 atom stereocenters. The summed E-state index contributed by atoms with van der Waals surface area (Å²) in [6, 6.07) is 6.14. The van der Waals surface area contributed by atoms with E-state index in [4.69, 9.17) is 34.8 Å². The zero-order valence-corrected chi connectivity index (χ0v) is 15.1. The van der Waals surface area contributed by atoms with E-state index in [9.17, 15) is 14.4 Å². The topological polar surface area (TPSA) is 57.7 Å². The fourth-order valence-corrected chi connectivity index (χ4v) is 3.99. The minimum Gasteiger partial charge on any atom is -0.332 e. The van der Waals surface area contributed by atoms with E-state index >= 15 is 0 Å². The van der Waals surface area contributed by atoms with Crippen LogP contribution in [0.5, 0.6) is 0 Å². The standard InChI is InChI=1S/C16H15Cl3N2O3/c1-20(14(24)15(17)9-16(15,18)19)12-5-6-21(13(12)23)11-4-2-3-10(7-11)8-22/h2-4,7-8,12H,5-6,9H2,1H3. The molecule has 1 aliphatic carbocycles. The Labute approximate surface area is 154 Å². The molecular weight excluding hydrogens is 375 g/mol. The average molecular weight is 390 g/mol. The highest BCUT2D eigenvalue weighted by Gasteiger charge is 2.72. The van der Waals surface area contributed by atoms with Crippen molar-refractivity contribution >= 4 is 58.6 Å². The summed E-state index contributed by atoms with van der Waals surface area (Å²) in [6.07, 6.45) is 1.35. The third kappa shape index (κ3) is 2.68. The van der Waals surface area contributed by atoms with Crippen LogP contribution < -0.4 is 4.90 Å². The van der Waals surface area contributed by atoms with Crippen LogP contribution >= 0.6 is 34.8 Å². The summed E-state index contributed by atoms with van der Waals surface area (Å²) in [6.45, 7) is 0.450. The van der Waals surface area contributed by atoms with E-state index in [0.717, 1.165) is 6.29 Å². The molecule has 2 amide bonds. The molecule has 128 valence electrons. The quantitative estimate of drug-likeness (QED) is 0.587. The largest absolute Gasteiger partial charge is 0.332 e. The van der Waals surface area contributed by atoms with Crippen molar-refractivity contribution in [1.29, 1.82) is 0 Å². The minimum absolute atomic E-state index is 0.153. The summed E-state index contributed by atoms with van der Waals surface area (Å²) >= 11 is 18.1. The van der Waals surface area contributed by atoms with Gasteiger partial charge in [-0.25, -0.2) is 0 Å². The normalized spacial score (nSPS) is 27.9. The lowest BCUT2D eigenvalue weighted by Crippen LogP contribution is -2.47. The molecule has 0 spiro atoms. The number of anilines is 1.